The number of thiophene rings is 1. The lowest BCUT2D eigenvalue weighted by Crippen LogP contribution is -2.04. The quantitative estimate of drug-likeness (QED) is 0.185. The summed E-state index contributed by atoms with van der Waals surface area (Å²) in [5.41, 5.74) is 7.84. The molecule has 0 atom stereocenters. The molecule has 0 unspecified atom stereocenters. The van der Waals surface area contributed by atoms with E-state index in [1.165, 1.54) is 15.5 Å². The first-order valence-electron chi connectivity index (χ1n) is 15.5. The Balaban J connectivity index is 1.33. The van der Waals surface area contributed by atoms with E-state index in [1.807, 2.05) is 12.1 Å². The van der Waals surface area contributed by atoms with Crippen molar-refractivity contribution in [2.75, 3.05) is 0 Å². The second-order valence-corrected chi connectivity index (χ2v) is 12.8. The van der Waals surface area contributed by atoms with Crippen molar-refractivity contribution in [3.63, 3.8) is 0 Å². The van der Waals surface area contributed by atoms with Crippen molar-refractivity contribution in [1.29, 1.82) is 0 Å². The molecular weight excluding hydrogens is 595 g/mol. The van der Waals surface area contributed by atoms with E-state index in [2.05, 4.69) is 141 Å². The van der Waals surface area contributed by atoms with Crippen molar-refractivity contribution in [2.45, 2.75) is 0 Å². The van der Waals surface area contributed by atoms with E-state index in [-0.39, 0.29) is 0 Å². The molecule has 5 nitrogen and oxygen atoms in total. The zero-order chi connectivity index (χ0) is 31.1. The Hall–Kier alpha value is -6.29. The normalized spacial score (nSPS) is 11.8. The van der Waals surface area contributed by atoms with Crippen LogP contribution in [0.4, 0.5) is 5.69 Å². The Labute approximate surface area is 273 Å². The molecule has 4 aromatic heterocycles. The molecule has 0 saturated carbocycles. The van der Waals surface area contributed by atoms with Gasteiger partial charge in [0.25, 0.3) is 0 Å². The zero-order valence-corrected chi connectivity index (χ0v) is 25.7. The van der Waals surface area contributed by atoms with Gasteiger partial charge in [-0.15, -0.1) is 11.3 Å². The molecule has 0 saturated heterocycles. The number of hydrogen-bond donors (Lipinski definition) is 0. The highest BCUT2D eigenvalue weighted by Gasteiger charge is 2.22. The van der Waals surface area contributed by atoms with Crippen LogP contribution >= 0.6 is 11.3 Å². The Bertz CT molecular complexity index is 2880. The van der Waals surface area contributed by atoms with Gasteiger partial charge in [-0.1, -0.05) is 91.0 Å². The second kappa shape index (κ2) is 9.85. The van der Waals surface area contributed by atoms with Gasteiger partial charge in [0.15, 0.2) is 17.3 Å². The molecule has 0 aliphatic carbocycles. The van der Waals surface area contributed by atoms with Gasteiger partial charge >= 0.3 is 0 Å². The van der Waals surface area contributed by atoms with Crippen molar-refractivity contribution in [3.05, 3.63) is 151 Å². The summed E-state index contributed by atoms with van der Waals surface area (Å²) >= 11 is 1.74. The maximum Gasteiger partial charge on any atom is 0.188 e. The molecule has 6 aromatic carbocycles. The predicted octanol–water partition coefficient (Wildman–Crippen LogP) is 11.3. The summed E-state index contributed by atoms with van der Waals surface area (Å²) in [5, 5.41) is 5.67. The monoisotopic (exact) mass is 617 g/mol. The highest BCUT2D eigenvalue weighted by atomic mass is 32.1. The lowest BCUT2D eigenvalue weighted by atomic mass is 10.1. The third-order valence-corrected chi connectivity index (χ3v) is 10.3. The predicted molar refractivity (Wildman–Crippen MR) is 195 cm³/mol. The largest absolute Gasteiger partial charge is 0.309 e. The minimum Gasteiger partial charge on any atom is -0.309 e. The first-order valence-corrected chi connectivity index (χ1v) is 16.3. The Kier molecular flexibility index (Phi) is 5.45. The van der Waals surface area contributed by atoms with Gasteiger partial charge < -0.3 is 4.57 Å². The second-order valence-electron chi connectivity index (χ2n) is 11.7. The first-order chi connectivity index (χ1) is 23.3. The van der Waals surface area contributed by atoms with Crippen LogP contribution in [0, 0.1) is 6.57 Å². The van der Waals surface area contributed by atoms with Gasteiger partial charge in [-0.25, -0.2) is 14.8 Å². The first kappa shape index (κ1) is 26.0. The average molecular weight is 618 g/mol. The molecule has 0 aliphatic rings. The molecule has 10 rings (SSSR count). The zero-order valence-electron chi connectivity index (χ0n) is 24.9. The molecule has 0 aliphatic heterocycles. The van der Waals surface area contributed by atoms with E-state index >= 15 is 0 Å². The van der Waals surface area contributed by atoms with E-state index in [1.54, 1.807) is 11.3 Å². The third-order valence-electron chi connectivity index (χ3n) is 9.16. The van der Waals surface area contributed by atoms with E-state index < -0.39 is 0 Å². The van der Waals surface area contributed by atoms with Crippen molar-refractivity contribution >= 4 is 80.9 Å². The standard InChI is InChI=1S/C41H23N5S/c1-42-25-22-23-36-31(24-25)28-14-4-7-17-32(28)45(36)35-20-10-5-15-29(35)40-43-38-30-16-6-11-21-37(30)47-39(38)41(44-40)46-33-18-8-2-12-26(33)27-13-3-9-19-34(27)46/h2-24H. The fourth-order valence-corrected chi connectivity index (χ4v) is 8.27. The van der Waals surface area contributed by atoms with Crippen LogP contribution in [0.3, 0.4) is 0 Å². The van der Waals surface area contributed by atoms with Crippen LogP contribution in [0.25, 0.3) is 91.7 Å². The third kappa shape index (κ3) is 3.69. The van der Waals surface area contributed by atoms with Gasteiger partial charge in [0.1, 0.15) is 0 Å². The molecule has 4 heterocycles. The number of rotatable bonds is 3. The van der Waals surface area contributed by atoms with E-state index in [0.29, 0.717) is 11.5 Å². The minimum absolute atomic E-state index is 0.627. The van der Waals surface area contributed by atoms with Gasteiger partial charge in [0.05, 0.1) is 44.5 Å². The maximum absolute atomic E-state index is 7.63. The van der Waals surface area contributed by atoms with Gasteiger partial charge in [0.2, 0.25) is 0 Å². The molecule has 218 valence electrons. The van der Waals surface area contributed by atoms with Gasteiger partial charge in [-0.3, -0.25) is 4.57 Å². The van der Waals surface area contributed by atoms with Crippen LogP contribution in [0.15, 0.2) is 140 Å². The summed E-state index contributed by atoms with van der Waals surface area (Å²) in [7, 11) is 0. The van der Waals surface area contributed by atoms with Gasteiger partial charge in [0, 0.05) is 31.8 Å². The molecule has 10 aromatic rings. The highest BCUT2D eigenvalue weighted by Crippen LogP contribution is 2.42. The van der Waals surface area contributed by atoms with Crippen LogP contribution < -0.4 is 0 Å². The number of fused-ring (bicyclic) bond motifs is 9. The molecule has 0 spiro atoms. The van der Waals surface area contributed by atoms with Crippen LogP contribution in [-0.4, -0.2) is 19.1 Å². The molecule has 0 N–H and O–H groups in total. The summed E-state index contributed by atoms with van der Waals surface area (Å²) in [4.78, 5) is 14.6. The number of hydrogen-bond acceptors (Lipinski definition) is 3. The SMILES string of the molecule is [C-]#[N+]c1ccc2c(c1)c1ccccc1n2-c1ccccc1-c1nc(-n2c3ccccc3c3ccccc32)c2sc3ccccc3c2n1. The number of aromatic nitrogens is 4. The smallest absolute Gasteiger partial charge is 0.188 e. The van der Waals surface area contributed by atoms with E-state index in [0.717, 1.165) is 65.5 Å². The lowest BCUT2D eigenvalue weighted by molar-refractivity contribution is 1.07. The highest BCUT2D eigenvalue weighted by molar-refractivity contribution is 7.26. The summed E-state index contributed by atoms with van der Waals surface area (Å²) < 4.78 is 6.83. The van der Waals surface area contributed by atoms with Crippen molar-refractivity contribution in [2.24, 2.45) is 0 Å². The van der Waals surface area contributed by atoms with Crippen molar-refractivity contribution in [1.82, 2.24) is 19.1 Å². The van der Waals surface area contributed by atoms with Crippen LogP contribution in [0.5, 0.6) is 0 Å². The minimum atomic E-state index is 0.627. The number of nitrogens with zero attached hydrogens (tertiary/aromatic N) is 5. The summed E-state index contributed by atoms with van der Waals surface area (Å²) in [6.07, 6.45) is 0. The topological polar surface area (TPSA) is 40.0 Å². The molecule has 0 radical (unpaired) electrons. The number of benzene rings is 6. The van der Waals surface area contributed by atoms with Gasteiger partial charge in [-0.2, -0.15) is 0 Å². The summed E-state index contributed by atoms with van der Waals surface area (Å²) in [6, 6.07) is 48.4. The molecule has 6 heteroatoms. The maximum atomic E-state index is 7.63. The molecule has 0 bridgehead atoms. The van der Waals surface area contributed by atoms with Crippen molar-refractivity contribution < 1.29 is 0 Å². The summed E-state index contributed by atoms with van der Waals surface area (Å²) in [6.45, 7) is 7.63. The van der Waals surface area contributed by atoms with E-state index in [4.69, 9.17) is 16.5 Å². The van der Waals surface area contributed by atoms with Crippen LogP contribution in [0.1, 0.15) is 0 Å². The molecule has 47 heavy (non-hydrogen) atoms. The Morgan fingerprint density at radius 2 is 1.11 bits per heavy atom. The van der Waals surface area contributed by atoms with Crippen molar-refractivity contribution in [3.8, 4) is 22.9 Å². The molecular formula is C41H23N5S. The molecule has 0 fully saturated rings. The lowest BCUT2D eigenvalue weighted by Gasteiger charge is -2.15. The van der Waals surface area contributed by atoms with Gasteiger partial charge in [-0.05, 0) is 53.9 Å². The fourth-order valence-electron chi connectivity index (χ4n) is 7.15. The van der Waals surface area contributed by atoms with E-state index in [9.17, 15) is 0 Å². The Morgan fingerprint density at radius 3 is 1.83 bits per heavy atom. The fraction of sp³-hybridized carbons (Fsp3) is 0. The van der Waals surface area contributed by atoms with Crippen LogP contribution in [0.2, 0.25) is 0 Å². The Morgan fingerprint density at radius 1 is 0.532 bits per heavy atom. The molecule has 0 amide bonds. The summed E-state index contributed by atoms with van der Waals surface area (Å²) in [5.74, 6) is 1.54. The number of para-hydroxylation sites is 4. The average Bonchev–Trinajstić information content (AvgIpc) is 3.79. The van der Waals surface area contributed by atoms with Crippen LogP contribution in [-0.2, 0) is 0 Å².